The fourth-order valence-electron chi connectivity index (χ4n) is 2.36. The van der Waals surface area contributed by atoms with Crippen LogP contribution < -0.4 is 0 Å². The molecule has 0 bridgehead atoms. The summed E-state index contributed by atoms with van der Waals surface area (Å²) in [5.41, 5.74) is 2.12. The number of benzene rings is 2. The van der Waals surface area contributed by atoms with E-state index in [1.54, 1.807) is 0 Å². The van der Waals surface area contributed by atoms with Crippen LogP contribution in [0, 0.1) is 0 Å². The Balaban J connectivity index is 0.000000552. The van der Waals surface area contributed by atoms with Crippen LogP contribution in [-0.2, 0) is 22.1 Å². The quantitative estimate of drug-likeness (QED) is 0.415. The van der Waals surface area contributed by atoms with Crippen LogP contribution in [0.25, 0.3) is 0 Å². The van der Waals surface area contributed by atoms with Gasteiger partial charge in [0.15, 0.2) is 8.32 Å². The first-order chi connectivity index (χ1) is 13.1. The molecule has 3 nitrogen and oxygen atoms in total. The molecule has 0 saturated carbocycles. The van der Waals surface area contributed by atoms with Crippen LogP contribution in [-0.4, -0.2) is 26.0 Å². The molecule has 154 valence electrons. The zero-order valence-corrected chi connectivity index (χ0v) is 19.1. The molecular formula is C24H36O3Si. The lowest BCUT2D eigenvalue weighted by molar-refractivity contribution is -0.136. The second kappa shape index (κ2) is 11.8. The zero-order chi connectivity index (χ0) is 21.0. The van der Waals surface area contributed by atoms with Gasteiger partial charge in [-0.15, -0.1) is 0 Å². The Hall–Kier alpha value is -1.91. The van der Waals surface area contributed by atoms with Crippen molar-refractivity contribution < 1.29 is 14.3 Å². The second-order valence-electron chi connectivity index (χ2n) is 8.61. The molecule has 28 heavy (non-hydrogen) atoms. The molecule has 0 unspecified atom stereocenters. The van der Waals surface area contributed by atoms with Gasteiger partial charge in [0.1, 0.15) is 0 Å². The Kier molecular flexibility index (Phi) is 10.2. The molecular weight excluding hydrogens is 364 g/mol. The summed E-state index contributed by atoms with van der Waals surface area (Å²) in [7, 11) is -1.61. The van der Waals surface area contributed by atoms with Crippen molar-refractivity contribution in [3.8, 4) is 0 Å². The van der Waals surface area contributed by atoms with Gasteiger partial charge in [-0.1, -0.05) is 81.4 Å². The molecule has 0 aliphatic rings. The molecule has 1 N–H and O–H groups in total. The lowest BCUT2D eigenvalue weighted by Crippen LogP contribution is -2.40. The summed E-state index contributed by atoms with van der Waals surface area (Å²) < 4.78 is 6.17. The summed E-state index contributed by atoms with van der Waals surface area (Å²) in [6.07, 6.45) is 3.30. The summed E-state index contributed by atoms with van der Waals surface area (Å²) >= 11 is 0. The van der Waals surface area contributed by atoms with Crippen LogP contribution in [0.15, 0.2) is 60.7 Å². The standard InChI is InChI=1S/C18H30O3Si.C6H6/c1-18(2,3)22(4,5)21-13-7-6-8-15-9-11-16(12-10-15)14-17(19)20;1-2-4-6-5-3-1/h9-12H,6-8,13-14H2,1-5H3,(H,19,20);1-6H. The minimum Gasteiger partial charge on any atom is -0.481 e. The van der Waals surface area contributed by atoms with Gasteiger partial charge in [-0.05, 0) is 48.5 Å². The fourth-order valence-corrected chi connectivity index (χ4v) is 3.45. The highest BCUT2D eigenvalue weighted by Gasteiger charge is 2.36. The summed E-state index contributed by atoms with van der Waals surface area (Å²) in [6, 6.07) is 19.9. The van der Waals surface area contributed by atoms with E-state index in [1.807, 2.05) is 60.7 Å². The number of carboxylic acids is 1. The van der Waals surface area contributed by atoms with Crippen LogP contribution in [0.2, 0.25) is 18.1 Å². The first-order valence-corrected chi connectivity index (χ1v) is 13.0. The highest BCUT2D eigenvalue weighted by Crippen LogP contribution is 2.36. The summed E-state index contributed by atoms with van der Waals surface area (Å²) in [5.74, 6) is -0.782. The maximum absolute atomic E-state index is 10.6. The monoisotopic (exact) mass is 400 g/mol. The smallest absolute Gasteiger partial charge is 0.307 e. The average Bonchev–Trinajstić information content (AvgIpc) is 2.63. The lowest BCUT2D eigenvalue weighted by Gasteiger charge is -2.36. The van der Waals surface area contributed by atoms with Crippen molar-refractivity contribution in [3.63, 3.8) is 0 Å². The van der Waals surface area contributed by atoms with Crippen LogP contribution >= 0.6 is 0 Å². The van der Waals surface area contributed by atoms with Gasteiger partial charge in [-0.25, -0.2) is 0 Å². The molecule has 0 spiro atoms. The van der Waals surface area contributed by atoms with Gasteiger partial charge >= 0.3 is 5.97 Å². The molecule has 2 aromatic rings. The van der Waals surface area contributed by atoms with E-state index in [0.717, 1.165) is 31.4 Å². The lowest BCUT2D eigenvalue weighted by atomic mass is 10.0. The van der Waals surface area contributed by atoms with E-state index in [4.69, 9.17) is 9.53 Å². The van der Waals surface area contributed by atoms with E-state index in [-0.39, 0.29) is 11.5 Å². The Morgan fingerprint density at radius 3 is 1.79 bits per heavy atom. The van der Waals surface area contributed by atoms with Crippen LogP contribution in [0.3, 0.4) is 0 Å². The third kappa shape index (κ3) is 9.86. The molecule has 4 heteroatoms. The van der Waals surface area contributed by atoms with E-state index < -0.39 is 14.3 Å². The Morgan fingerprint density at radius 2 is 1.36 bits per heavy atom. The van der Waals surface area contributed by atoms with Crippen molar-refractivity contribution in [2.75, 3.05) is 6.61 Å². The second-order valence-corrected chi connectivity index (χ2v) is 13.4. The third-order valence-corrected chi connectivity index (χ3v) is 9.71. The van der Waals surface area contributed by atoms with Gasteiger partial charge in [0.05, 0.1) is 6.42 Å². The first-order valence-electron chi connectivity index (χ1n) is 10.1. The molecule has 0 aromatic heterocycles. The van der Waals surface area contributed by atoms with Crippen molar-refractivity contribution in [1.29, 1.82) is 0 Å². The molecule has 0 saturated heterocycles. The third-order valence-electron chi connectivity index (χ3n) is 5.17. The Labute approximate surface area is 171 Å². The number of unbranched alkanes of at least 4 members (excludes halogenated alkanes) is 1. The summed E-state index contributed by atoms with van der Waals surface area (Å²) in [5, 5.41) is 9.02. The van der Waals surface area contributed by atoms with E-state index in [0.29, 0.717) is 0 Å². The SMILES string of the molecule is CC(C)(C)[Si](C)(C)OCCCCc1ccc(CC(=O)O)cc1.c1ccccc1. The normalized spacial score (nSPS) is 11.5. The van der Waals surface area contributed by atoms with E-state index in [9.17, 15) is 4.79 Å². The summed E-state index contributed by atoms with van der Waals surface area (Å²) in [6.45, 7) is 12.2. The number of carboxylic acid groups (broad SMARTS) is 1. The maximum Gasteiger partial charge on any atom is 0.307 e. The molecule has 0 fully saturated rings. The predicted molar refractivity (Wildman–Crippen MR) is 120 cm³/mol. The minimum atomic E-state index is -1.61. The van der Waals surface area contributed by atoms with Gasteiger partial charge in [-0.3, -0.25) is 4.79 Å². The molecule has 0 heterocycles. The summed E-state index contributed by atoms with van der Waals surface area (Å²) in [4.78, 5) is 10.6. The minimum absolute atomic E-state index is 0.0979. The van der Waals surface area contributed by atoms with Gasteiger partial charge in [0.2, 0.25) is 0 Å². The first kappa shape index (κ1) is 24.1. The average molecular weight is 401 g/mol. The van der Waals surface area contributed by atoms with Gasteiger partial charge in [0.25, 0.3) is 0 Å². The maximum atomic E-state index is 10.6. The molecule has 0 radical (unpaired) electrons. The van der Waals surface area contributed by atoms with Crippen molar-refractivity contribution in [2.24, 2.45) is 0 Å². The van der Waals surface area contributed by atoms with E-state index in [1.165, 1.54) is 5.56 Å². The van der Waals surface area contributed by atoms with Crippen LogP contribution in [0.4, 0.5) is 0 Å². The van der Waals surface area contributed by atoms with Crippen molar-refractivity contribution in [1.82, 2.24) is 0 Å². The number of aryl methyl sites for hydroxylation is 1. The van der Waals surface area contributed by atoms with Crippen molar-refractivity contribution in [2.45, 2.75) is 64.6 Å². The molecule has 0 amide bonds. The molecule has 2 aromatic carbocycles. The number of hydrogen-bond donors (Lipinski definition) is 1. The number of carbonyl (C=O) groups is 1. The van der Waals surface area contributed by atoms with Gasteiger partial charge in [-0.2, -0.15) is 0 Å². The van der Waals surface area contributed by atoms with E-state index in [2.05, 4.69) is 33.9 Å². The van der Waals surface area contributed by atoms with Crippen LogP contribution in [0.1, 0.15) is 44.7 Å². The Bertz CT molecular complexity index is 647. The van der Waals surface area contributed by atoms with Crippen molar-refractivity contribution in [3.05, 3.63) is 71.8 Å². The number of aliphatic carboxylic acids is 1. The van der Waals surface area contributed by atoms with Gasteiger partial charge < -0.3 is 9.53 Å². The highest BCUT2D eigenvalue weighted by atomic mass is 28.4. The Morgan fingerprint density at radius 1 is 0.893 bits per heavy atom. The van der Waals surface area contributed by atoms with Crippen LogP contribution in [0.5, 0.6) is 0 Å². The topological polar surface area (TPSA) is 46.5 Å². The fraction of sp³-hybridized carbons (Fsp3) is 0.458. The largest absolute Gasteiger partial charge is 0.481 e. The highest BCUT2D eigenvalue weighted by molar-refractivity contribution is 6.74. The number of hydrogen-bond acceptors (Lipinski definition) is 2. The zero-order valence-electron chi connectivity index (χ0n) is 18.1. The molecule has 0 aliphatic heterocycles. The number of rotatable bonds is 8. The molecule has 2 rings (SSSR count). The van der Waals surface area contributed by atoms with Gasteiger partial charge in [0, 0.05) is 6.61 Å². The van der Waals surface area contributed by atoms with Crippen molar-refractivity contribution >= 4 is 14.3 Å². The predicted octanol–water partition coefficient (Wildman–Crippen LogP) is 6.34. The molecule has 0 atom stereocenters. The van der Waals surface area contributed by atoms with E-state index >= 15 is 0 Å². The molecule has 0 aliphatic carbocycles.